The van der Waals surface area contributed by atoms with Crippen molar-refractivity contribution in [1.82, 2.24) is 0 Å². The highest BCUT2D eigenvalue weighted by Gasteiger charge is 2.39. The van der Waals surface area contributed by atoms with Gasteiger partial charge in [-0.05, 0) is 18.8 Å². The van der Waals surface area contributed by atoms with E-state index in [0.717, 1.165) is 0 Å². The Morgan fingerprint density at radius 1 is 1.36 bits per heavy atom. The van der Waals surface area contributed by atoms with Crippen LogP contribution in [0.2, 0.25) is 0 Å². The third-order valence-corrected chi connectivity index (χ3v) is 2.74. The van der Waals surface area contributed by atoms with Gasteiger partial charge in [-0.2, -0.15) is 0 Å². The van der Waals surface area contributed by atoms with Crippen LogP contribution in [0.25, 0.3) is 0 Å². The van der Waals surface area contributed by atoms with Gasteiger partial charge in [0.15, 0.2) is 0 Å². The maximum Gasteiger partial charge on any atom is 0.307 e. The molecule has 0 fully saturated rings. The number of carbonyl (C=O) groups is 2. The minimum absolute atomic E-state index is 0.151. The Labute approximate surface area is 82.2 Å². The Balaban J connectivity index is 2.92. The second kappa shape index (κ2) is 4.26. The first-order valence-electron chi connectivity index (χ1n) is 4.70. The maximum absolute atomic E-state index is 10.9. The van der Waals surface area contributed by atoms with Gasteiger partial charge in [-0.25, -0.2) is 0 Å². The topological polar surface area (TPSA) is 74.6 Å². The third-order valence-electron chi connectivity index (χ3n) is 2.74. The van der Waals surface area contributed by atoms with Crippen LogP contribution in [0.5, 0.6) is 0 Å². The molecule has 3 atom stereocenters. The molecule has 0 saturated carbocycles. The van der Waals surface area contributed by atoms with E-state index in [0.29, 0.717) is 12.8 Å². The molecule has 0 spiro atoms. The van der Waals surface area contributed by atoms with Crippen LogP contribution in [0.15, 0.2) is 12.2 Å². The Morgan fingerprint density at radius 3 is 2.43 bits per heavy atom. The van der Waals surface area contributed by atoms with Crippen LogP contribution in [0.4, 0.5) is 0 Å². The number of carboxylic acids is 2. The van der Waals surface area contributed by atoms with Gasteiger partial charge >= 0.3 is 11.9 Å². The Morgan fingerprint density at radius 2 is 2.00 bits per heavy atom. The van der Waals surface area contributed by atoms with Crippen LogP contribution in [0.1, 0.15) is 19.8 Å². The molecule has 1 aliphatic carbocycles. The summed E-state index contributed by atoms with van der Waals surface area (Å²) in [4.78, 5) is 21.8. The maximum atomic E-state index is 10.9. The SMILES string of the molecule is CC[C@@H]1C=CC[C@@H](C(=O)O)[C@H]1C(=O)O. The van der Waals surface area contributed by atoms with Gasteiger partial charge in [0.2, 0.25) is 0 Å². The fourth-order valence-electron chi connectivity index (χ4n) is 1.96. The molecule has 0 unspecified atom stereocenters. The minimum Gasteiger partial charge on any atom is -0.481 e. The Kier molecular flexibility index (Phi) is 3.28. The molecule has 0 aromatic carbocycles. The summed E-state index contributed by atoms with van der Waals surface area (Å²) in [5, 5.41) is 17.8. The van der Waals surface area contributed by atoms with Gasteiger partial charge in [-0.3, -0.25) is 9.59 Å². The van der Waals surface area contributed by atoms with Crippen molar-refractivity contribution < 1.29 is 19.8 Å². The lowest BCUT2D eigenvalue weighted by Crippen LogP contribution is -2.36. The second-order valence-electron chi connectivity index (χ2n) is 3.54. The predicted octanol–water partition coefficient (Wildman–Crippen LogP) is 1.37. The molecule has 78 valence electrons. The Hall–Kier alpha value is -1.32. The first-order chi connectivity index (χ1) is 6.57. The van der Waals surface area contributed by atoms with Gasteiger partial charge in [-0.15, -0.1) is 0 Å². The fraction of sp³-hybridized carbons (Fsp3) is 0.600. The number of rotatable bonds is 3. The Bertz CT molecular complexity index is 269. The molecule has 2 N–H and O–H groups in total. The largest absolute Gasteiger partial charge is 0.481 e. The van der Waals surface area contributed by atoms with Gasteiger partial charge in [0.05, 0.1) is 11.8 Å². The first kappa shape index (κ1) is 10.8. The molecule has 0 bridgehead atoms. The van der Waals surface area contributed by atoms with Crippen molar-refractivity contribution in [2.45, 2.75) is 19.8 Å². The zero-order chi connectivity index (χ0) is 10.7. The lowest BCUT2D eigenvalue weighted by molar-refractivity contribution is -0.155. The average molecular weight is 198 g/mol. The molecule has 0 radical (unpaired) electrons. The van der Waals surface area contributed by atoms with Crippen molar-refractivity contribution in [3.63, 3.8) is 0 Å². The summed E-state index contributed by atoms with van der Waals surface area (Å²) in [5.74, 6) is -3.72. The highest BCUT2D eigenvalue weighted by atomic mass is 16.4. The molecule has 4 nitrogen and oxygen atoms in total. The zero-order valence-corrected chi connectivity index (χ0v) is 8.01. The van der Waals surface area contributed by atoms with E-state index in [1.54, 1.807) is 6.08 Å². The average Bonchev–Trinajstić information content (AvgIpc) is 2.16. The van der Waals surface area contributed by atoms with Crippen LogP contribution in [-0.4, -0.2) is 22.2 Å². The summed E-state index contributed by atoms with van der Waals surface area (Å²) >= 11 is 0. The van der Waals surface area contributed by atoms with Crippen LogP contribution < -0.4 is 0 Å². The molecule has 0 aromatic rings. The molecule has 0 amide bonds. The monoisotopic (exact) mass is 198 g/mol. The standard InChI is InChI=1S/C10H14O4/c1-2-6-4-3-5-7(9(11)12)8(6)10(13)14/h3-4,6-8H,2,5H2,1H3,(H,11,12)(H,13,14)/t6-,7-,8+/m1/s1. The molecule has 0 heterocycles. The number of hydrogen-bond donors (Lipinski definition) is 2. The quantitative estimate of drug-likeness (QED) is 0.672. The van der Waals surface area contributed by atoms with Crippen molar-refractivity contribution in [2.24, 2.45) is 17.8 Å². The first-order valence-corrected chi connectivity index (χ1v) is 4.70. The summed E-state index contributed by atoms with van der Waals surface area (Å²) in [6, 6.07) is 0. The smallest absolute Gasteiger partial charge is 0.307 e. The van der Waals surface area contributed by atoms with E-state index in [9.17, 15) is 9.59 Å². The fourth-order valence-corrected chi connectivity index (χ4v) is 1.96. The van der Waals surface area contributed by atoms with E-state index in [2.05, 4.69) is 0 Å². The number of carboxylic acid groups (broad SMARTS) is 2. The summed E-state index contributed by atoms with van der Waals surface area (Å²) in [7, 11) is 0. The van der Waals surface area contributed by atoms with Gasteiger partial charge in [0.1, 0.15) is 0 Å². The van der Waals surface area contributed by atoms with E-state index < -0.39 is 23.8 Å². The highest BCUT2D eigenvalue weighted by molar-refractivity contribution is 5.81. The van der Waals surface area contributed by atoms with Gasteiger partial charge in [0.25, 0.3) is 0 Å². The van der Waals surface area contributed by atoms with Crippen LogP contribution >= 0.6 is 0 Å². The molecule has 4 heteroatoms. The molecular formula is C10H14O4. The number of hydrogen-bond acceptors (Lipinski definition) is 2. The van der Waals surface area contributed by atoms with Gasteiger partial charge in [0, 0.05) is 0 Å². The summed E-state index contributed by atoms with van der Waals surface area (Å²) in [5.41, 5.74) is 0. The van der Waals surface area contributed by atoms with Crippen molar-refractivity contribution >= 4 is 11.9 Å². The molecular weight excluding hydrogens is 184 g/mol. The van der Waals surface area contributed by atoms with E-state index in [-0.39, 0.29) is 5.92 Å². The normalized spacial score (nSPS) is 31.4. The molecule has 14 heavy (non-hydrogen) atoms. The van der Waals surface area contributed by atoms with E-state index in [1.165, 1.54) is 0 Å². The lowest BCUT2D eigenvalue weighted by atomic mass is 9.75. The van der Waals surface area contributed by atoms with Crippen molar-refractivity contribution in [3.05, 3.63) is 12.2 Å². The van der Waals surface area contributed by atoms with Gasteiger partial charge in [-0.1, -0.05) is 19.1 Å². The summed E-state index contributed by atoms with van der Waals surface area (Å²) in [6.07, 6.45) is 4.57. The van der Waals surface area contributed by atoms with Crippen LogP contribution in [0, 0.1) is 17.8 Å². The molecule has 0 aromatic heterocycles. The van der Waals surface area contributed by atoms with E-state index in [4.69, 9.17) is 10.2 Å². The van der Waals surface area contributed by atoms with Crippen molar-refractivity contribution in [2.75, 3.05) is 0 Å². The molecule has 0 saturated heterocycles. The predicted molar refractivity (Wildman–Crippen MR) is 49.8 cm³/mol. The zero-order valence-electron chi connectivity index (χ0n) is 8.01. The highest BCUT2D eigenvalue weighted by Crippen LogP contribution is 2.32. The number of aliphatic carboxylic acids is 2. The number of allylic oxidation sites excluding steroid dienone is 2. The second-order valence-corrected chi connectivity index (χ2v) is 3.54. The van der Waals surface area contributed by atoms with Crippen molar-refractivity contribution in [1.29, 1.82) is 0 Å². The molecule has 1 aliphatic rings. The third kappa shape index (κ3) is 1.95. The van der Waals surface area contributed by atoms with Gasteiger partial charge < -0.3 is 10.2 Å². The van der Waals surface area contributed by atoms with Crippen LogP contribution in [0.3, 0.4) is 0 Å². The lowest BCUT2D eigenvalue weighted by Gasteiger charge is -2.28. The van der Waals surface area contributed by atoms with Crippen LogP contribution in [-0.2, 0) is 9.59 Å². The van der Waals surface area contributed by atoms with E-state index in [1.807, 2.05) is 13.0 Å². The van der Waals surface area contributed by atoms with E-state index >= 15 is 0 Å². The van der Waals surface area contributed by atoms with Crippen molar-refractivity contribution in [3.8, 4) is 0 Å². The summed E-state index contributed by atoms with van der Waals surface area (Å²) < 4.78 is 0. The minimum atomic E-state index is -1.01. The summed E-state index contributed by atoms with van der Waals surface area (Å²) in [6.45, 7) is 1.87. The molecule has 0 aliphatic heterocycles. The molecule has 1 rings (SSSR count).